The molecule has 3 rings (SSSR count). The molecule has 0 bridgehead atoms. The van der Waals surface area contributed by atoms with E-state index >= 15 is 0 Å². The summed E-state index contributed by atoms with van der Waals surface area (Å²) in [5.41, 5.74) is 1.68. The van der Waals surface area contributed by atoms with Crippen LogP contribution in [0.3, 0.4) is 0 Å². The smallest absolute Gasteiger partial charge is 0.120 e. The Morgan fingerprint density at radius 1 is 1.17 bits per heavy atom. The predicted molar refractivity (Wildman–Crippen MR) is 89.4 cm³/mol. The van der Waals surface area contributed by atoms with Crippen LogP contribution in [-0.4, -0.2) is 23.9 Å². The summed E-state index contributed by atoms with van der Waals surface area (Å²) < 4.78 is 5.19. The zero-order chi connectivity index (χ0) is 16.3. The summed E-state index contributed by atoms with van der Waals surface area (Å²) in [6.45, 7) is 1.27. The number of aliphatic hydroxyl groups excluding tert-OH is 1. The third-order valence-electron chi connectivity index (χ3n) is 4.67. The first-order valence-electron chi connectivity index (χ1n) is 7.94. The Hall–Kier alpha value is -2.04. The minimum Gasteiger partial charge on any atom is -0.508 e. The third kappa shape index (κ3) is 3.49. The van der Waals surface area contributed by atoms with Gasteiger partial charge < -0.3 is 20.3 Å². The molecule has 0 aliphatic heterocycles. The van der Waals surface area contributed by atoms with Crippen LogP contribution < -0.4 is 10.1 Å². The molecule has 1 atom stereocenters. The standard InChI is InChI=1S/C19H23NO3/c1-23-16-7-8-17(21)15(11-16)12-20-13-19(9-10-19)18(22)14-5-3-2-4-6-14/h2-8,11,18,20-22H,9-10,12-13H2,1H3. The van der Waals surface area contributed by atoms with E-state index < -0.39 is 6.10 Å². The zero-order valence-corrected chi connectivity index (χ0v) is 13.3. The molecule has 0 heterocycles. The lowest BCUT2D eigenvalue weighted by atomic mass is 9.92. The maximum atomic E-state index is 10.6. The van der Waals surface area contributed by atoms with Crippen molar-refractivity contribution in [2.24, 2.45) is 5.41 Å². The molecular weight excluding hydrogens is 290 g/mol. The van der Waals surface area contributed by atoms with Gasteiger partial charge in [0.1, 0.15) is 11.5 Å². The Morgan fingerprint density at radius 2 is 1.91 bits per heavy atom. The molecule has 3 N–H and O–H groups in total. The van der Waals surface area contributed by atoms with Crippen molar-refractivity contribution in [1.82, 2.24) is 5.32 Å². The second-order valence-corrected chi connectivity index (χ2v) is 6.27. The van der Waals surface area contributed by atoms with E-state index in [-0.39, 0.29) is 11.2 Å². The number of ether oxygens (including phenoxy) is 1. The van der Waals surface area contributed by atoms with Gasteiger partial charge in [0.05, 0.1) is 13.2 Å². The summed E-state index contributed by atoms with van der Waals surface area (Å²) in [5.74, 6) is 0.983. The Labute approximate surface area is 136 Å². The summed E-state index contributed by atoms with van der Waals surface area (Å²) >= 11 is 0. The number of hydrogen-bond acceptors (Lipinski definition) is 4. The highest BCUT2D eigenvalue weighted by atomic mass is 16.5. The summed E-state index contributed by atoms with van der Waals surface area (Å²) in [5, 5.41) is 23.9. The lowest BCUT2D eigenvalue weighted by Crippen LogP contribution is -2.28. The van der Waals surface area contributed by atoms with Gasteiger partial charge in [0.25, 0.3) is 0 Å². The monoisotopic (exact) mass is 313 g/mol. The second kappa shape index (κ2) is 6.60. The largest absolute Gasteiger partial charge is 0.508 e. The first kappa shape index (κ1) is 15.8. The fourth-order valence-corrected chi connectivity index (χ4v) is 2.97. The van der Waals surface area contributed by atoms with Gasteiger partial charge in [-0.2, -0.15) is 0 Å². The molecule has 1 unspecified atom stereocenters. The lowest BCUT2D eigenvalue weighted by Gasteiger charge is -2.23. The van der Waals surface area contributed by atoms with Crippen LogP contribution in [0.2, 0.25) is 0 Å². The van der Waals surface area contributed by atoms with E-state index in [1.807, 2.05) is 36.4 Å². The summed E-state index contributed by atoms with van der Waals surface area (Å²) in [7, 11) is 1.61. The van der Waals surface area contributed by atoms with Crippen molar-refractivity contribution in [2.75, 3.05) is 13.7 Å². The molecule has 0 radical (unpaired) electrons. The van der Waals surface area contributed by atoms with E-state index in [2.05, 4.69) is 5.32 Å². The number of phenols is 1. The van der Waals surface area contributed by atoms with E-state index in [4.69, 9.17) is 4.74 Å². The van der Waals surface area contributed by atoms with Crippen LogP contribution >= 0.6 is 0 Å². The molecule has 1 saturated carbocycles. The number of nitrogens with one attached hydrogen (secondary N) is 1. The van der Waals surface area contributed by atoms with Crippen molar-refractivity contribution in [1.29, 1.82) is 0 Å². The molecule has 1 aliphatic rings. The fraction of sp³-hybridized carbons (Fsp3) is 0.368. The van der Waals surface area contributed by atoms with E-state index in [1.165, 1.54) is 0 Å². The minimum absolute atomic E-state index is 0.0875. The van der Waals surface area contributed by atoms with Gasteiger partial charge >= 0.3 is 0 Å². The van der Waals surface area contributed by atoms with Crippen LogP contribution in [0.4, 0.5) is 0 Å². The van der Waals surface area contributed by atoms with E-state index in [9.17, 15) is 10.2 Å². The topological polar surface area (TPSA) is 61.7 Å². The van der Waals surface area contributed by atoms with E-state index in [1.54, 1.807) is 19.2 Å². The quantitative estimate of drug-likeness (QED) is 0.735. The zero-order valence-electron chi connectivity index (χ0n) is 13.3. The minimum atomic E-state index is -0.449. The normalized spacial score (nSPS) is 16.8. The number of aliphatic hydroxyl groups is 1. The third-order valence-corrected chi connectivity index (χ3v) is 4.67. The molecule has 0 aromatic heterocycles. The maximum Gasteiger partial charge on any atom is 0.120 e. The highest BCUT2D eigenvalue weighted by Gasteiger charge is 2.48. The van der Waals surface area contributed by atoms with Crippen LogP contribution in [0.15, 0.2) is 48.5 Å². The molecule has 0 saturated heterocycles. The van der Waals surface area contributed by atoms with Crippen molar-refractivity contribution in [3.8, 4) is 11.5 Å². The van der Waals surface area contributed by atoms with E-state index in [0.29, 0.717) is 6.54 Å². The van der Waals surface area contributed by atoms with Crippen LogP contribution in [-0.2, 0) is 6.54 Å². The number of methoxy groups -OCH3 is 1. The molecular formula is C19H23NO3. The molecule has 4 nitrogen and oxygen atoms in total. The fourth-order valence-electron chi connectivity index (χ4n) is 2.97. The predicted octanol–water partition coefficient (Wildman–Crippen LogP) is 3.00. The van der Waals surface area contributed by atoms with Gasteiger partial charge in [-0.25, -0.2) is 0 Å². The Morgan fingerprint density at radius 3 is 2.57 bits per heavy atom. The Bertz CT molecular complexity index is 653. The van der Waals surface area contributed by atoms with Gasteiger partial charge in [0, 0.05) is 24.1 Å². The van der Waals surface area contributed by atoms with Gasteiger partial charge in [-0.1, -0.05) is 30.3 Å². The summed E-state index contributed by atoms with van der Waals surface area (Å²) in [6, 6.07) is 15.0. The summed E-state index contributed by atoms with van der Waals surface area (Å²) in [4.78, 5) is 0. The van der Waals surface area contributed by atoms with Crippen molar-refractivity contribution < 1.29 is 14.9 Å². The molecule has 4 heteroatoms. The van der Waals surface area contributed by atoms with Crippen molar-refractivity contribution in [2.45, 2.75) is 25.5 Å². The average molecular weight is 313 g/mol. The molecule has 2 aromatic carbocycles. The molecule has 122 valence electrons. The van der Waals surface area contributed by atoms with Gasteiger partial charge in [-0.05, 0) is 36.6 Å². The lowest BCUT2D eigenvalue weighted by molar-refractivity contribution is 0.0917. The number of rotatable bonds is 7. The number of hydrogen-bond donors (Lipinski definition) is 3. The number of benzene rings is 2. The van der Waals surface area contributed by atoms with Crippen molar-refractivity contribution in [3.05, 3.63) is 59.7 Å². The molecule has 0 spiro atoms. The van der Waals surface area contributed by atoms with Crippen LogP contribution in [0, 0.1) is 5.41 Å². The van der Waals surface area contributed by atoms with Crippen LogP contribution in [0.5, 0.6) is 11.5 Å². The van der Waals surface area contributed by atoms with Crippen molar-refractivity contribution in [3.63, 3.8) is 0 Å². The van der Waals surface area contributed by atoms with Crippen LogP contribution in [0.1, 0.15) is 30.1 Å². The molecule has 1 fully saturated rings. The molecule has 0 amide bonds. The van der Waals surface area contributed by atoms with Gasteiger partial charge in [-0.3, -0.25) is 0 Å². The Balaban J connectivity index is 1.60. The molecule has 2 aromatic rings. The van der Waals surface area contributed by atoms with Gasteiger partial charge in [0.2, 0.25) is 0 Å². The molecule has 23 heavy (non-hydrogen) atoms. The first-order valence-corrected chi connectivity index (χ1v) is 7.94. The number of aromatic hydroxyl groups is 1. The highest BCUT2D eigenvalue weighted by molar-refractivity contribution is 5.39. The van der Waals surface area contributed by atoms with Crippen molar-refractivity contribution >= 4 is 0 Å². The van der Waals surface area contributed by atoms with E-state index in [0.717, 1.165) is 36.3 Å². The summed E-state index contributed by atoms with van der Waals surface area (Å²) in [6.07, 6.45) is 1.58. The van der Waals surface area contributed by atoms with Gasteiger partial charge in [-0.15, -0.1) is 0 Å². The number of phenolic OH excluding ortho intramolecular Hbond substituents is 1. The van der Waals surface area contributed by atoms with Crippen LogP contribution in [0.25, 0.3) is 0 Å². The second-order valence-electron chi connectivity index (χ2n) is 6.27. The van der Waals surface area contributed by atoms with Gasteiger partial charge in [0.15, 0.2) is 0 Å². The average Bonchev–Trinajstić information content (AvgIpc) is 3.38. The highest BCUT2D eigenvalue weighted by Crippen LogP contribution is 2.54. The SMILES string of the molecule is COc1ccc(O)c(CNCC2(C(O)c3ccccc3)CC2)c1. The maximum absolute atomic E-state index is 10.6. The Kier molecular flexibility index (Phi) is 4.55. The molecule has 1 aliphatic carbocycles. The first-order chi connectivity index (χ1) is 11.1.